The molecule has 0 unspecified atom stereocenters. The van der Waals surface area contributed by atoms with Crippen molar-refractivity contribution >= 4 is 11.3 Å². The van der Waals surface area contributed by atoms with Crippen molar-refractivity contribution in [1.82, 2.24) is 10.3 Å². The summed E-state index contributed by atoms with van der Waals surface area (Å²) in [6.45, 7) is 6.14. The van der Waals surface area contributed by atoms with Gasteiger partial charge in [-0.25, -0.2) is 4.98 Å². The number of thiazole rings is 1. The molecule has 0 aromatic carbocycles. The molecule has 1 saturated carbocycles. The van der Waals surface area contributed by atoms with Gasteiger partial charge in [-0.15, -0.1) is 11.3 Å². The third-order valence-corrected chi connectivity index (χ3v) is 6.44. The van der Waals surface area contributed by atoms with Gasteiger partial charge in [-0.05, 0) is 51.4 Å². The molecule has 1 aliphatic carbocycles. The van der Waals surface area contributed by atoms with Gasteiger partial charge in [0.05, 0.1) is 5.54 Å². The number of ether oxygens (including phenoxy) is 1. The van der Waals surface area contributed by atoms with Crippen LogP contribution in [0.2, 0.25) is 0 Å². The van der Waals surface area contributed by atoms with Crippen LogP contribution in [0.15, 0.2) is 5.38 Å². The lowest BCUT2D eigenvalue weighted by molar-refractivity contribution is 0.0277. The van der Waals surface area contributed by atoms with Gasteiger partial charge in [-0.3, -0.25) is 0 Å². The zero-order valence-corrected chi connectivity index (χ0v) is 14.2. The van der Waals surface area contributed by atoms with Gasteiger partial charge < -0.3 is 10.1 Å². The van der Waals surface area contributed by atoms with Crippen molar-refractivity contribution < 1.29 is 4.74 Å². The molecular weight excluding hydrogens is 280 g/mol. The molecule has 0 bridgehead atoms. The maximum Gasteiger partial charge on any atom is 0.113 e. The minimum Gasteiger partial charge on any atom is -0.381 e. The summed E-state index contributed by atoms with van der Waals surface area (Å²) < 4.78 is 5.61. The Morgan fingerprint density at radius 2 is 2.00 bits per heavy atom. The third-order valence-electron chi connectivity index (χ3n) is 5.28. The number of nitrogens with one attached hydrogen (secondary N) is 1. The molecule has 1 aromatic rings. The molecule has 2 heterocycles. The highest BCUT2D eigenvalue weighted by molar-refractivity contribution is 7.09. The molecule has 0 spiro atoms. The molecule has 3 nitrogen and oxygen atoms in total. The smallest absolute Gasteiger partial charge is 0.113 e. The lowest BCUT2D eigenvalue weighted by atomic mass is 9.82. The van der Waals surface area contributed by atoms with Crippen molar-refractivity contribution in [2.75, 3.05) is 13.2 Å². The third kappa shape index (κ3) is 3.49. The van der Waals surface area contributed by atoms with Crippen LogP contribution in [0, 0.1) is 12.8 Å². The fourth-order valence-corrected chi connectivity index (χ4v) is 4.84. The van der Waals surface area contributed by atoms with Gasteiger partial charge in [-0.1, -0.05) is 13.3 Å². The van der Waals surface area contributed by atoms with Gasteiger partial charge in [0, 0.05) is 30.3 Å². The van der Waals surface area contributed by atoms with Crippen molar-refractivity contribution in [3.8, 4) is 0 Å². The van der Waals surface area contributed by atoms with E-state index in [2.05, 4.69) is 24.5 Å². The summed E-state index contributed by atoms with van der Waals surface area (Å²) in [7, 11) is 0. The Hall–Kier alpha value is -0.450. The van der Waals surface area contributed by atoms with Crippen LogP contribution in [0.5, 0.6) is 0 Å². The van der Waals surface area contributed by atoms with E-state index < -0.39 is 0 Å². The molecule has 4 heteroatoms. The Bertz CT molecular complexity index is 445. The van der Waals surface area contributed by atoms with Crippen LogP contribution < -0.4 is 5.32 Å². The predicted octanol–water partition coefficient (Wildman–Crippen LogP) is 4.02. The fourth-order valence-electron chi connectivity index (χ4n) is 3.82. The first-order valence-electron chi connectivity index (χ1n) is 8.50. The monoisotopic (exact) mass is 308 g/mol. The first-order valence-corrected chi connectivity index (χ1v) is 9.38. The van der Waals surface area contributed by atoms with Crippen molar-refractivity contribution in [3.63, 3.8) is 0 Å². The highest BCUT2D eigenvalue weighted by Gasteiger charge is 2.39. The van der Waals surface area contributed by atoms with Crippen molar-refractivity contribution in [3.05, 3.63) is 16.1 Å². The second-order valence-electron chi connectivity index (χ2n) is 6.76. The summed E-state index contributed by atoms with van der Waals surface area (Å²) in [4.78, 5) is 4.80. The number of aryl methyl sites for hydroxylation is 1. The van der Waals surface area contributed by atoms with E-state index >= 15 is 0 Å². The van der Waals surface area contributed by atoms with Gasteiger partial charge in [-0.2, -0.15) is 0 Å². The van der Waals surface area contributed by atoms with Crippen molar-refractivity contribution in [1.29, 1.82) is 0 Å². The van der Waals surface area contributed by atoms with Crippen LogP contribution in [-0.4, -0.2) is 24.2 Å². The number of rotatable bonds is 4. The molecular formula is C17H28N2OS. The van der Waals surface area contributed by atoms with Gasteiger partial charge >= 0.3 is 0 Å². The van der Waals surface area contributed by atoms with E-state index in [1.54, 1.807) is 0 Å². The minimum atomic E-state index is 0.0703. The lowest BCUT2D eigenvalue weighted by Gasteiger charge is -2.41. The van der Waals surface area contributed by atoms with Crippen LogP contribution in [0.25, 0.3) is 0 Å². The fraction of sp³-hybridized carbons (Fsp3) is 0.824. The quantitative estimate of drug-likeness (QED) is 0.912. The Morgan fingerprint density at radius 1 is 1.29 bits per heavy atom. The number of nitrogens with zero attached hydrogens (tertiary/aromatic N) is 1. The van der Waals surface area contributed by atoms with Crippen LogP contribution in [-0.2, 0) is 10.3 Å². The largest absolute Gasteiger partial charge is 0.381 e. The number of hydrogen-bond acceptors (Lipinski definition) is 4. The van der Waals surface area contributed by atoms with Crippen LogP contribution in [0.4, 0.5) is 0 Å². The van der Waals surface area contributed by atoms with Gasteiger partial charge in [0.25, 0.3) is 0 Å². The molecule has 21 heavy (non-hydrogen) atoms. The van der Waals surface area contributed by atoms with E-state index in [0.717, 1.165) is 37.7 Å². The summed E-state index contributed by atoms with van der Waals surface area (Å²) in [6, 6.07) is 0.662. The molecule has 2 aliphatic rings. The first-order chi connectivity index (χ1) is 10.2. The van der Waals surface area contributed by atoms with E-state index in [1.807, 2.05) is 11.3 Å². The Morgan fingerprint density at radius 3 is 2.57 bits per heavy atom. The second kappa shape index (κ2) is 6.76. The zero-order valence-electron chi connectivity index (χ0n) is 13.4. The van der Waals surface area contributed by atoms with Crippen LogP contribution >= 0.6 is 11.3 Å². The maximum atomic E-state index is 5.61. The highest BCUT2D eigenvalue weighted by atomic mass is 32.1. The maximum absolute atomic E-state index is 5.61. The summed E-state index contributed by atoms with van der Waals surface area (Å²) in [5, 5.41) is 7.47. The number of aromatic nitrogens is 1. The molecule has 1 N–H and O–H groups in total. The summed E-state index contributed by atoms with van der Waals surface area (Å²) in [6.07, 6.45) is 8.89. The van der Waals surface area contributed by atoms with Crippen molar-refractivity contribution in [2.24, 2.45) is 5.92 Å². The summed E-state index contributed by atoms with van der Waals surface area (Å²) in [5.41, 5.74) is 1.22. The Balaban J connectivity index is 1.71. The average molecular weight is 308 g/mol. The van der Waals surface area contributed by atoms with E-state index in [-0.39, 0.29) is 5.54 Å². The normalized spacial score (nSPS) is 29.4. The minimum absolute atomic E-state index is 0.0703. The van der Waals surface area contributed by atoms with Crippen molar-refractivity contribution in [2.45, 2.75) is 70.4 Å². The Kier molecular flexibility index (Phi) is 4.97. The first kappa shape index (κ1) is 15.4. The van der Waals surface area contributed by atoms with Gasteiger partial charge in [0.15, 0.2) is 0 Å². The molecule has 0 radical (unpaired) electrons. The zero-order chi connectivity index (χ0) is 14.7. The molecule has 118 valence electrons. The predicted molar refractivity (Wildman–Crippen MR) is 87.8 cm³/mol. The van der Waals surface area contributed by atoms with E-state index in [4.69, 9.17) is 9.72 Å². The Labute approximate surface area is 132 Å². The van der Waals surface area contributed by atoms with Gasteiger partial charge in [0.1, 0.15) is 5.01 Å². The summed E-state index contributed by atoms with van der Waals surface area (Å²) >= 11 is 1.82. The molecule has 3 rings (SSSR count). The molecule has 0 atom stereocenters. The lowest BCUT2D eigenvalue weighted by Crippen LogP contribution is -2.52. The van der Waals surface area contributed by atoms with Gasteiger partial charge in [0.2, 0.25) is 0 Å². The average Bonchev–Trinajstić information content (AvgIpc) is 2.96. The molecule has 1 saturated heterocycles. The number of hydrogen-bond donors (Lipinski definition) is 1. The van der Waals surface area contributed by atoms with Crippen LogP contribution in [0.1, 0.15) is 62.6 Å². The van der Waals surface area contributed by atoms with E-state index in [0.29, 0.717) is 6.04 Å². The molecule has 1 aliphatic heterocycles. The topological polar surface area (TPSA) is 34.2 Å². The standard InChI is InChI=1S/C17H28N2OS/c1-3-14-4-6-15(7-5-14)19-17(8-10-20-11-9-17)16-18-13(2)12-21-16/h12,14-15,19H,3-11H2,1-2H3. The van der Waals surface area contributed by atoms with Crippen LogP contribution in [0.3, 0.4) is 0 Å². The molecule has 2 fully saturated rings. The van der Waals surface area contributed by atoms with E-state index in [9.17, 15) is 0 Å². The highest BCUT2D eigenvalue weighted by Crippen LogP contribution is 2.37. The molecule has 0 amide bonds. The molecule has 1 aromatic heterocycles. The van der Waals surface area contributed by atoms with E-state index in [1.165, 1.54) is 37.1 Å². The summed E-state index contributed by atoms with van der Waals surface area (Å²) in [5.74, 6) is 0.954. The second-order valence-corrected chi connectivity index (χ2v) is 7.62. The SMILES string of the molecule is CCC1CCC(NC2(c3nc(C)cs3)CCOCC2)CC1.